The highest BCUT2D eigenvalue weighted by molar-refractivity contribution is 6.77. The van der Waals surface area contributed by atoms with Crippen LogP contribution in [0, 0.1) is 0 Å². The minimum absolute atomic E-state index is 0.703. The van der Waals surface area contributed by atoms with Crippen LogP contribution in [-0.4, -0.2) is 21.8 Å². The summed E-state index contributed by atoms with van der Waals surface area (Å²) >= 11 is 0. The molecule has 0 aromatic heterocycles. The fraction of sp³-hybridized carbons (Fsp3) is 0.667. The van der Waals surface area contributed by atoms with Crippen molar-refractivity contribution in [2.45, 2.75) is 40.5 Å². The van der Waals surface area contributed by atoms with E-state index in [1.54, 1.807) is 0 Å². The van der Waals surface area contributed by atoms with Crippen LogP contribution >= 0.6 is 0 Å². The minimum Gasteiger partial charge on any atom is -0.389 e. The second kappa shape index (κ2) is 8.89. The lowest BCUT2D eigenvalue weighted by molar-refractivity contribution is 0.206. The molecule has 88 valence electrons. The predicted molar refractivity (Wildman–Crippen MR) is 67.9 cm³/mol. The van der Waals surface area contributed by atoms with E-state index in [0.29, 0.717) is 13.2 Å². The number of rotatable bonds is 8. The van der Waals surface area contributed by atoms with E-state index in [9.17, 15) is 0 Å². The standard InChI is InChI=1S/C12H24O2Si/c1-5-9-11-15(13-7-3,14-8-4)12-10-6-2/h9-12H,5-8H2,1-4H3. The summed E-state index contributed by atoms with van der Waals surface area (Å²) in [6.07, 6.45) is 6.32. The summed E-state index contributed by atoms with van der Waals surface area (Å²) in [6.45, 7) is 9.68. The Morgan fingerprint density at radius 3 is 1.47 bits per heavy atom. The van der Waals surface area contributed by atoms with Gasteiger partial charge in [-0.15, -0.1) is 0 Å². The highest BCUT2D eigenvalue weighted by Gasteiger charge is 2.30. The van der Waals surface area contributed by atoms with Gasteiger partial charge in [-0.1, -0.05) is 26.0 Å². The Morgan fingerprint density at radius 1 is 0.800 bits per heavy atom. The van der Waals surface area contributed by atoms with E-state index in [0.717, 1.165) is 12.8 Å². The maximum atomic E-state index is 5.82. The molecule has 0 heterocycles. The molecule has 0 unspecified atom stereocenters. The van der Waals surface area contributed by atoms with Crippen molar-refractivity contribution in [2.24, 2.45) is 0 Å². The maximum Gasteiger partial charge on any atom is 0.391 e. The molecule has 0 spiro atoms. The fourth-order valence-corrected chi connectivity index (χ4v) is 3.92. The smallest absolute Gasteiger partial charge is 0.389 e. The first-order valence-corrected chi connectivity index (χ1v) is 7.85. The molecule has 0 aliphatic carbocycles. The summed E-state index contributed by atoms with van der Waals surface area (Å²) in [7, 11) is -2.20. The van der Waals surface area contributed by atoms with E-state index in [1.165, 1.54) is 0 Å². The molecule has 0 fully saturated rings. The zero-order chi connectivity index (χ0) is 11.6. The molecule has 0 aromatic carbocycles. The maximum absolute atomic E-state index is 5.82. The Morgan fingerprint density at radius 2 is 1.20 bits per heavy atom. The van der Waals surface area contributed by atoms with Crippen molar-refractivity contribution in [2.75, 3.05) is 13.2 Å². The average Bonchev–Trinajstić information content (AvgIpc) is 2.24. The van der Waals surface area contributed by atoms with Crippen LogP contribution in [0.15, 0.2) is 23.6 Å². The van der Waals surface area contributed by atoms with E-state index >= 15 is 0 Å². The fourth-order valence-electron chi connectivity index (χ4n) is 1.31. The van der Waals surface area contributed by atoms with Crippen LogP contribution in [0.25, 0.3) is 0 Å². The van der Waals surface area contributed by atoms with Gasteiger partial charge < -0.3 is 8.85 Å². The first-order valence-electron chi connectivity index (χ1n) is 5.87. The predicted octanol–water partition coefficient (Wildman–Crippen LogP) is 3.51. The van der Waals surface area contributed by atoms with Gasteiger partial charge in [0, 0.05) is 13.2 Å². The van der Waals surface area contributed by atoms with Gasteiger partial charge in [0.25, 0.3) is 0 Å². The second-order valence-corrected chi connectivity index (χ2v) is 5.90. The van der Waals surface area contributed by atoms with Crippen LogP contribution in [0.5, 0.6) is 0 Å². The molecular formula is C12H24O2Si. The molecule has 0 atom stereocenters. The molecule has 0 radical (unpaired) electrons. The van der Waals surface area contributed by atoms with Gasteiger partial charge in [0.1, 0.15) is 0 Å². The van der Waals surface area contributed by atoms with Crippen molar-refractivity contribution in [1.82, 2.24) is 0 Å². The van der Waals surface area contributed by atoms with E-state index in [-0.39, 0.29) is 0 Å². The normalized spacial score (nSPS) is 13.1. The van der Waals surface area contributed by atoms with Gasteiger partial charge in [0.2, 0.25) is 0 Å². The quantitative estimate of drug-likeness (QED) is 0.592. The van der Waals surface area contributed by atoms with Crippen LogP contribution in [0.1, 0.15) is 40.5 Å². The van der Waals surface area contributed by atoms with Gasteiger partial charge in [0.05, 0.1) is 0 Å². The molecule has 0 aliphatic heterocycles. The van der Waals surface area contributed by atoms with Crippen molar-refractivity contribution in [3.8, 4) is 0 Å². The number of hydrogen-bond acceptors (Lipinski definition) is 2. The van der Waals surface area contributed by atoms with Gasteiger partial charge in [-0.3, -0.25) is 0 Å². The highest BCUT2D eigenvalue weighted by atomic mass is 28.4. The summed E-state index contributed by atoms with van der Waals surface area (Å²) < 4.78 is 11.6. The monoisotopic (exact) mass is 228 g/mol. The Kier molecular flexibility index (Phi) is 8.66. The third-order valence-corrected chi connectivity index (χ3v) is 4.79. The van der Waals surface area contributed by atoms with E-state index in [1.807, 2.05) is 13.8 Å². The molecule has 15 heavy (non-hydrogen) atoms. The van der Waals surface area contributed by atoms with Crippen LogP contribution < -0.4 is 0 Å². The van der Waals surface area contributed by atoms with E-state index in [2.05, 4.69) is 37.4 Å². The summed E-state index contributed by atoms with van der Waals surface area (Å²) in [6, 6.07) is 0. The topological polar surface area (TPSA) is 18.5 Å². The van der Waals surface area contributed by atoms with Gasteiger partial charge in [0.15, 0.2) is 0 Å². The zero-order valence-electron chi connectivity index (χ0n) is 10.5. The number of hydrogen-bond donors (Lipinski definition) is 0. The van der Waals surface area contributed by atoms with E-state index < -0.39 is 8.56 Å². The first-order chi connectivity index (χ1) is 7.24. The molecule has 3 heteroatoms. The summed E-state index contributed by atoms with van der Waals surface area (Å²) in [5.74, 6) is 0. The van der Waals surface area contributed by atoms with Gasteiger partial charge >= 0.3 is 8.56 Å². The minimum atomic E-state index is -2.20. The van der Waals surface area contributed by atoms with Crippen molar-refractivity contribution in [3.63, 3.8) is 0 Å². The van der Waals surface area contributed by atoms with Crippen LogP contribution in [-0.2, 0) is 8.85 Å². The van der Waals surface area contributed by atoms with Gasteiger partial charge in [-0.05, 0) is 38.1 Å². The van der Waals surface area contributed by atoms with Crippen molar-refractivity contribution in [3.05, 3.63) is 23.6 Å². The molecule has 2 nitrogen and oxygen atoms in total. The molecule has 0 aliphatic rings. The van der Waals surface area contributed by atoms with E-state index in [4.69, 9.17) is 8.85 Å². The third kappa shape index (κ3) is 5.92. The SMILES string of the molecule is CCC=C[Si](C=CCC)(OCC)OCC. The van der Waals surface area contributed by atoms with Crippen LogP contribution in [0.4, 0.5) is 0 Å². The largest absolute Gasteiger partial charge is 0.391 e. The van der Waals surface area contributed by atoms with Crippen molar-refractivity contribution >= 4 is 8.56 Å². The lowest BCUT2D eigenvalue weighted by Gasteiger charge is -2.23. The Hall–Kier alpha value is -0.383. The summed E-state index contributed by atoms with van der Waals surface area (Å²) in [5, 5.41) is 0. The third-order valence-electron chi connectivity index (χ3n) is 1.91. The Bertz CT molecular complexity index is 178. The summed E-state index contributed by atoms with van der Waals surface area (Å²) in [4.78, 5) is 0. The highest BCUT2D eigenvalue weighted by Crippen LogP contribution is 2.12. The molecule has 0 amide bonds. The van der Waals surface area contributed by atoms with Gasteiger partial charge in [-0.2, -0.15) is 0 Å². The van der Waals surface area contributed by atoms with Crippen LogP contribution in [0.3, 0.4) is 0 Å². The molecule has 0 aromatic rings. The van der Waals surface area contributed by atoms with Crippen molar-refractivity contribution < 1.29 is 8.85 Å². The number of allylic oxidation sites excluding steroid dienone is 2. The first kappa shape index (κ1) is 14.6. The molecular weight excluding hydrogens is 204 g/mol. The Balaban J connectivity index is 4.70. The van der Waals surface area contributed by atoms with Gasteiger partial charge in [-0.25, -0.2) is 0 Å². The molecule has 0 saturated heterocycles. The Labute approximate surface area is 95.2 Å². The molecule has 0 saturated carbocycles. The van der Waals surface area contributed by atoms with Crippen LogP contribution in [0.2, 0.25) is 0 Å². The second-order valence-electron chi connectivity index (χ2n) is 3.21. The lowest BCUT2D eigenvalue weighted by Crippen LogP contribution is -2.39. The molecule has 0 rings (SSSR count). The van der Waals surface area contributed by atoms with Crippen molar-refractivity contribution in [1.29, 1.82) is 0 Å². The summed E-state index contributed by atoms with van der Waals surface area (Å²) in [5.41, 5.74) is 4.26. The molecule has 0 N–H and O–H groups in total. The average molecular weight is 228 g/mol. The lowest BCUT2D eigenvalue weighted by atomic mass is 10.5. The molecule has 0 bridgehead atoms. The zero-order valence-corrected chi connectivity index (χ0v) is 11.5.